The predicted molar refractivity (Wildman–Crippen MR) is 111 cm³/mol. The number of aryl methyl sites for hydroxylation is 1. The Morgan fingerprint density at radius 2 is 1.96 bits per heavy atom. The Morgan fingerprint density at radius 3 is 2.64 bits per heavy atom. The maximum Gasteiger partial charge on any atom is 0.133 e. The van der Waals surface area contributed by atoms with Crippen molar-refractivity contribution in [3.8, 4) is 0 Å². The van der Waals surface area contributed by atoms with Crippen LogP contribution in [0.4, 0.5) is 5.82 Å². The van der Waals surface area contributed by atoms with Crippen LogP contribution in [0.2, 0.25) is 0 Å². The average Bonchev–Trinajstić information content (AvgIpc) is 3.24. The van der Waals surface area contributed by atoms with Crippen LogP contribution >= 0.6 is 0 Å². The lowest BCUT2D eigenvalue weighted by Gasteiger charge is -2.39. The first-order valence-corrected chi connectivity index (χ1v) is 10.9. The molecule has 6 nitrogen and oxygen atoms in total. The molecule has 0 amide bonds. The second-order valence-corrected chi connectivity index (χ2v) is 9.34. The third-order valence-electron chi connectivity index (χ3n) is 6.80. The van der Waals surface area contributed by atoms with Gasteiger partial charge in [0.2, 0.25) is 0 Å². The highest BCUT2D eigenvalue weighted by molar-refractivity contribution is 5.53. The van der Waals surface area contributed by atoms with Crippen LogP contribution in [0.25, 0.3) is 0 Å². The fourth-order valence-electron chi connectivity index (χ4n) is 4.92. The molecule has 1 saturated heterocycles. The molecule has 5 rings (SSSR count). The molecule has 3 aliphatic rings. The zero-order valence-corrected chi connectivity index (χ0v) is 17.4. The van der Waals surface area contributed by atoms with E-state index in [1.807, 2.05) is 13.1 Å². The van der Waals surface area contributed by atoms with Crippen LogP contribution in [0.15, 0.2) is 12.4 Å². The highest BCUT2D eigenvalue weighted by Gasteiger charge is 2.44. The lowest BCUT2D eigenvalue weighted by molar-refractivity contribution is 0.150. The van der Waals surface area contributed by atoms with Crippen molar-refractivity contribution in [1.29, 1.82) is 0 Å². The van der Waals surface area contributed by atoms with Gasteiger partial charge in [0.05, 0.1) is 11.9 Å². The SMILES string of the molecule is Cc1nc(NC2CC2)c2c(n1)C1(CC2)CCN(Cc2cnn(C(C)C)c2)CC1. The molecule has 2 fully saturated rings. The second kappa shape index (κ2) is 6.83. The van der Waals surface area contributed by atoms with Crippen molar-refractivity contribution in [3.05, 3.63) is 35.0 Å². The van der Waals surface area contributed by atoms with Gasteiger partial charge in [-0.1, -0.05) is 0 Å². The monoisotopic (exact) mass is 380 g/mol. The van der Waals surface area contributed by atoms with Gasteiger partial charge in [0.25, 0.3) is 0 Å². The number of piperidine rings is 1. The average molecular weight is 381 g/mol. The smallest absolute Gasteiger partial charge is 0.133 e. The van der Waals surface area contributed by atoms with Crippen LogP contribution in [0, 0.1) is 6.92 Å². The van der Waals surface area contributed by atoms with Crippen molar-refractivity contribution in [2.75, 3.05) is 18.4 Å². The molecule has 0 unspecified atom stereocenters. The first-order valence-electron chi connectivity index (χ1n) is 10.9. The first-order chi connectivity index (χ1) is 13.5. The highest BCUT2D eigenvalue weighted by Crippen LogP contribution is 2.47. The molecule has 0 aromatic carbocycles. The fourth-order valence-corrected chi connectivity index (χ4v) is 4.92. The van der Waals surface area contributed by atoms with Crippen LogP contribution in [0.3, 0.4) is 0 Å². The third-order valence-corrected chi connectivity index (χ3v) is 6.80. The maximum absolute atomic E-state index is 4.97. The summed E-state index contributed by atoms with van der Waals surface area (Å²) in [7, 11) is 0. The van der Waals surface area contributed by atoms with E-state index in [0.717, 1.165) is 37.7 Å². The molecule has 1 saturated carbocycles. The number of nitrogens with one attached hydrogen (secondary N) is 1. The summed E-state index contributed by atoms with van der Waals surface area (Å²) in [6, 6.07) is 1.07. The van der Waals surface area contributed by atoms with E-state index in [9.17, 15) is 0 Å². The van der Waals surface area contributed by atoms with Gasteiger partial charge in [-0.05, 0) is 72.4 Å². The molecule has 0 atom stereocenters. The van der Waals surface area contributed by atoms with Crippen LogP contribution in [-0.4, -0.2) is 43.8 Å². The van der Waals surface area contributed by atoms with E-state index in [-0.39, 0.29) is 5.41 Å². The molecule has 0 bridgehead atoms. The molecule has 150 valence electrons. The zero-order valence-electron chi connectivity index (χ0n) is 17.4. The van der Waals surface area contributed by atoms with E-state index >= 15 is 0 Å². The largest absolute Gasteiger partial charge is 0.367 e. The molecule has 0 radical (unpaired) electrons. The number of rotatable bonds is 5. The van der Waals surface area contributed by atoms with Gasteiger partial charge in [0.15, 0.2) is 0 Å². The molecule has 2 aromatic rings. The van der Waals surface area contributed by atoms with Gasteiger partial charge in [-0.2, -0.15) is 5.10 Å². The van der Waals surface area contributed by atoms with E-state index in [1.54, 1.807) is 0 Å². The standard InChI is InChI=1S/C22H32N6/c1-15(2)28-14-17(12-23-28)13-27-10-8-22(9-11-27)7-6-19-20(22)24-16(3)25-21(19)26-18-4-5-18/h12,14-15,18H,4-11,13H2,1-3H3,(H,24,25,26). The number of hydrogen-bond donors (Lipinski definition) is 1. The van der Waals surface area contributed by atoms with Crippen LogP contribution in [0.5, 0.6) is 0 Å². The number of fused-ring (bicyclic) bond motifs is 2. The Kier molecular flexibility index (Phi) is 4.42. The number of hydrogen-bond acceptors (Lipinski definition) is 5. The van der Waals surface area contributed by atoms with Crippen molar-refractivity contribution < 1.29 is 0 Å². The van der Waals surface area contributed by atoms with Gasteiger partial charge < -0.3 is 5.32 Å². The van der Waals surface area contributed by atoms with Gasteiger partial charge in [0.1, 0.15) is 11.6 Å². The molecule has 2 aromatic heterocycles. The Labute approximate surface area is 167 Å². The summed E-state index contributed by atoms with van der Waals surface area (Å²) < 4.78 is 2.06. The molecule has 3 heterocycles. The van der Waals surface area contributed by atoms with E-state index in [1.165, 1.54) is 48.9 Å². The summed E-state index contributed by atoms with van der Waals surface area (Å²) in [6.07, 6.45) is 11.6. The topological polar surface area (TPSA) is 58.9 Å². The van der Waals surface area contributed by atoms with Crippen LogP contribution < -0.4 is 5.32 Å². The first kappa shape index (κ1) is 18.1. The number of aromatic nitrogens is 4. The summed E-state index contributed by atoms with van der Waals surface area (Å²) in [6.45, 7) is 9.69. The van der Waals surface area contributed by atoms with Crippen molar-refractivity contribution in [2.24, 2.45) is 0 Å². The Balaban J connectivity index is 1.29. The Morgan fingerprint density at radius 1 is 1.18 bits per heavy atom. The summed E-state index contributed by atoms with van der Waals surface area (Å²) in [5.74, 6) is 2.05. The summed E-state index contributed by atoms with van der Waals surface area (Å²) >= 11 is 0. The number of nitrogens with zero attached hydrogens (tertiary/aromatic N) is 5. The lowest BCUT2D eigenvalue weighted by Crippen LogP contribution is -2.41. The minimum absolute atomic E-state index is 0.266. The molecule has 1 aliphatic heterocycles. The van der Waals surface area contributed by atoms with E-state index in [2.05, 4.69) is 40.0 Å². The van der Waals surface area contributed by atoms with Crippen LogP contribution in [-0.2, 0) is 18.4 Å². The maximum atomic E-state index is 4.97. The van der Waals surface area contributed by atoms with Crippen molar-refractivity contribution in [2.45, 2.75) is 83.3 Å². The molecular formula is C22H32N6. The van der Waals surface area contributed by atoms with E-state index in [0.29, 0.717) is 12.1 Å². The summed E-state index contributed by atoms with van der Waals surface area (Å²) in [5.41, 5.74) is 4.35. The van der Waals surface area contributed by atoms with Crippen molar-refractivity contribution in [3.63, 3.8) is 0 Å². The molecule has 1 spiro atoms. The van der Waals surface area contributed by atoms with E-state index in [4.69, 9.17) is 9.97 Å². The molecule has 6 heteroatoms. The van der Waals surface area contributed by atoms with Crippen LogP contribution in [0.1, 0.15) is 74.6 Å². The lowest BCUT2D eigenvalue weighted by atomic mass is 9.76. The molecular weight excluding hydrogens is 348 g/mol. The van der Waals surface area contributed by atoms with Gasteiger partial charge in [-0.25, -0.2) is 9.97 Å². The number of anilines is 1. The molecule has 2 aliphatic carbocycles. The van der Waals surface area contributed by atoms with E-state index < -0.39 is 0 Å². The van der Waals surface area contributed by atoms with Crippen molar-refractivity contribution in [1.82, 2.24) is 24.6 Å². The molecule has 1 N–H and O–H groups in total. The van der Waals surface area contributed by atoms with Gasteiger partial charge in [-0.15, -0.1) is 0 Å². The normalized spacial score (nSPS) is 21.4. The minimum Gasteiger partial charge on any atom is -0.367 e. The van der Waals surface area contributed by atoms with Gasteiger partial charge in [0, 0.05) is 41.4 Å². The molecule has 28 heavy (non-hydrogen) atoms. The zero-order chi connectivity index (χ0) is 19.3. The Hall–Kier alpha value is -1.95. The highest BCUT2D eigenvalue weighted by atomic mass is 15.3. The summed E-state index contributed by atoms with van der Waals surface area (Å²) in [4.78, 5) is 12.3. The second-order valence-electron chi connectivity index (χ2n) is 9.34. The Bertz CT molecular complexity index is 858. The fraction of sp³-hybridized carbons (Fsp3) is 0.682. The van der Waals surface area contributed by atoms with Gasteiger partial charge >= 0.3 is 0 Å². The number of likely N-dealkylation sites (tertiary alicyclic amines) is 1. The summed E-state index contributed by atoms with van der Waals surface area (Å²) in [5, 5.41) is 8.16. The predicted octanol–water partition coefficient (Wildman–Crippen LogP) is 3.62. The third kappa shape index (κ3) is 3.32. The minimum atomic E-state index is 0.266. The van der Waals surface area contributed by atoms with Gasteiger partial charge in [-0.3, -0.25) is 9.58 Å². The quantitative estimate of drug-likeness (QED) is 0.859. The van der Waals surface area contributed by atoms with Crippen molar-refractivity contribution >= 4 is 5.82 Å².